The summed E-state index contributed by atoms with van der Waals surface area (Å²) in [4.78, 5) is 6.13. The standard InChI is InChI=1S/C7H3F2N2S.3CH3.Sn/c1-3-6(9)4(8)2-5-7(3)11-12-10-5;;;;/h1H3;3*1H3;. The Hall–Kier alpha value is -0.301. The van der Waals surface area contributed by atoms with Crippen molar-refractivity contribution in [2.24, 2.45) is 0 Å². The predicted octanol–water partition coefficient (Wildman–Crippen LogP) is 2.82. The first kappa shape index (κ1) is 12.2. The number of fused-ring (bicyclic) bond motifs is 1. The van der Waals surface area contributed by atoms with Crippen LogP contribution >= 0.6 is 11.7 Å². The molecule has 2 nitrogen and oxygen atoms in total. The number of aryl methyl sites for hydroxylation is 1. The van der Waals surface area contributed by atoms with Gasteiger partial charge in [0.05, 0.1) is 0 Å². The minimum atomic E-state index is -2.73. The van der Waals surface area contributed by atoms with Crippen molar-refractivity contribution in [2.45, 2.75) is 21.7 Å². The molecule has 2 aromatic rings. The fourth-order valence-corrected chi connectivity index (χ4v) is 7.32. The SMILES string of the molecule is Cc1c(F)c(F)[c]([Sn]([CH3])([CH3])[CH3])c2nsnc12. The van der Waals surface area contributed by atoms with Crippen molar-refractivity contribution < 1.29 is 8.78 Å². The first-order chi connectivity index (χ1) is 7.34. The third kappa shape index (κ3) is 1.73. The van der Waals surface area contributed by atoms with Gasteiger partial charge in [-0.1, -0.05) is 0 Å². The molecular weight excluding hydrogens is 337 g/mol. The van der Waals surface area contributed by atoms with Gasteiger partial charge in [-0.15, -0.1) is 0 Å². The summed E-state index contributed by atoms with van der Waals surface area (Å²) in [5.41, 5.74) is 1.36. The van der Waals surface area contributed by atoms with Gasteiger partial charge in [-0.25, -0.2) is 0 Å². The number of aromatic nitrogens is 2. The summed E-state index contributed by atoms with van der Waals surface area (Å²) in [5, 5.41) is 0. The summed E-state index contributed by atoms with van der Waals surface area (Å²) in [6.07, 6.45) is 0. The van der Waals surface area contributed by atoms with E-state index >= 15 is 0 Å². The van der Waals surface area contributed by atoms with Crippen molar-refractivity contribution >= 4 is 44.7 Å². The molecule has 1 heterocycles. The van der Waals surface area contributed by atoms with Crippen LogP contribution in [0.25, 0.3) is 11.0 Å². The van der Waals surface area contributed by atoms with Gasteiger partial charge in [0.15, 0.2) is 0 Å². The van der Waals surface area contributed by atoms with Crippen molar-refractivity contribution in [1.29, 1.82) is 0 Å². The zero-order valence-corrected chi connectivity index (χ0v) is 13.2. The quantitative estimate of drug-likeness (QED) is 0.740. The molecular formula is C10H12F2N2SSn. The van der Waals surface area contributed by atoms with E-state index in [0.29, 0.717) is 14.6 Å². The molecule has 16 heavy (non-hydrogen) atoms. The molecule has 1 aromatic carbocycles. The van der Waals surface area contributed by atoms with Crippen molar-refractivity contribution in [3.8, 4) is 0 Å². The van der Waals surface area contributed by atoms with Crippen LogP contribution in [-0.2, 0) is 0 Å². The van der Waals surface area contributed by atoms with Crippen molar-refractivity contribution in [1.82, 2.24) is 8.75 Å². The number of benzene rings is 1. The van der Waals surface area contributed by atoms with Crippen LogP contribution in [0.4, 0.5) is 8.78 Å². The van der Waals surface area contributed by atoms with Crippen molar-refractivity contribution in [3.63, 3.8) is 0 Å². The summed E-state index contributed by atoms with van der Waals surface area (Å²) in [7, 11) is 0. The third-order valence-corrected chi connectivity index (χ3v) is 8.68. The molecule has 0 saturated heterocycles. The van der Waals surface area contributed by atoms with Gasteiger partial charge in [-0.3, -0.25) is 0 Å². The van der Waals surface area contributed by atoms with Crippen LogP contribution < -0.4 is 3.58 Å². The molecule has 0 amide bonds. The van der Waals surface area contributed by atoms with Gasteiger partial charge in [0.25, 0.3) is 0 Å². The molecule has 0 aliphatic heterocycles. The Morgan fingerprint density at radius 1 is 1.00 bits per heavy atom. The van der Waals surface area contributed by atoms with Crippen LogP contribution in [0.2, 0.25) is 14.8 Å². The van der Waals surface area contributed by atoms with Crippen LogP contribution in [0.15, 0.2) is 0 Å². The first-order valence-corrected chi connectivity index (χ1v) is 15.7. The van der Waals surface area contributed by atoms with Gasteiger partial charge in [-0.05, 0) is 0 Å². The molecule has 86 valence electrons. The van der Waals surface area contributed by atoms with E-state index in [4.69, 9.17) is 0 Å². The molecule has 6 heteroatoms. The normalized spacial score (nSPS) is 12.4. The second-order valence-corrected chi connectivity index (χ2v) is 19.6. The van der Waals surface area contributed by atoms with Gasteiger partial charge in [0.2, 0.25) is 0 Å². The molecule has 0 radical (unpaired) electrons. The Kier molecular flexibility index (Phi) is 2.94. The average Bonchev–Trinajstić information content (AvgIpc) is 2.61. The maximum atomic E-state index is 14.0. The van der Waals surface area contributed by atoms with E-state index in [1.807, 2.05) is 14.8 Å². The number of halogens is 2. The Bertz CT molecular complexity index is 560. The van der Waals surface area contributed by atoms with Crippen LogP contribution in [0.5, 0.6) is 0 Å². The molecule has 0 atom stereocenters. The fraction of sp³-hybridized carbons (Fsp3) is 0.400. The fourth-order valence-electron chi connectivity index (χ4n) is 1.77. The number of hydrogen-bond acceptors (Lipinski definition) is 3. The average molecular weight is 349 g/mol. The summed E-state index contributed by atoms with van der Waals surface area (Å²) in [5.74, 6) is -1.47. The minimum absolute atomic E-state index is 0.264. The van der Waals surface area contributed by atoms with Gasteiger partial charge in [-0.2, -0.15) is 0 Å². The molecule has 0 saturated carbocycles. The predicted molar refractivity (Wildman–Crippen MR) is 65.0 cm³/mol. The van der Waals surface area contributed by atoms with Gasteiger partial charge >= 0.3 is 101 Å². The topological polar surface area (TPSA) is 25.8 Å². The molecule has 2 rings (SSSR count). The van der Waals surface area contributed by atoms with E-state index < -0.39 is 30.0 Å². The van der Waals surface area contributed by atoms with E-state index in [0.717, 1.165) is 11.7 Å². The molecule has 0 spiro atoms. The van der Waals surface area contributed by atoms with Crippen LogP contribution in [-0.4, -0.2) is 27.1 Å². The Morgan fingerprint density at radius 3 is 2.12 bits per heavy atom. The van der Waals surface area contributed by atoms with Crippen LogP contribution in [0.3, 0.4) is 0 Å². The number of hydrogen-bond donors (Lipinski definition) is 0. The zero-order chi connectivity index (χ0) is 12.1. The van der Waals surface area contributed by atoms with Crippen LogP contribution in [0, 0.1) is 18.6 Å². The Morgan fingerprint density at radius 2 is 1.56 bits per heavy atom. The molecule has 0 fully saturated rings. The monoisotopic (exact) mass is 350 g/mol. The summed E-state index contributed by atoms with van der Waals surface area (Å²) < 4.78 is 36.4. The number of rotatable bonds is 1. The second kappa shape index (κ2) is 3.87. The summed E-state index contributed by atoms with van der Waals surface area (Å²) in [6.45, 7) is 1.55. The molecule has 1 aromatic heterocycles. The molecule has 0 aliphatic rings. The summed E-state index contributed by atoms with van der Waals surface area (Å²) in [6, 6.07) is 0. The third-order valence-electron chi connectivity index (χ3n) is 2.57. The van der Waals surface area contributed by atoms with E-state index in [9.17, 15) is 8.78 Å². The van der Waals surface area contributed by atoms with Gasteiger partial charge in [0, 0.05) is 0 Å². The van der Waals surface area contributed by atoms with E-state index in [-0.39, 0.29) is 5.56 Å². The molecule has 0 aliphatic carbocycles. The first-order valence-electron chi connectivity index (χ1n) is 4.94. The molecule has 0 unspecified atom stereocenters. The van der Waals surface area contributed by atoms with Gasteiger partial charge < -0.3 is 0 Å². The van der Waals surface area contributed by atoms with Gasteiger partial charge in [0.1, 0.15) is 0 Å². The van der Waals surface area contributed by atoms with Crippen molar-refractivity contribution in [3.05, 3.63) is 17.2 Å². The summed E-state index contributed by atoms with van der Waals surface area (Å²) >= 11 is -1.71. The van der Waals surface area contributed by atoms with E-state index in [1.54, 1.807) is 6.92 Å². The van der Waals surface area contributed by atoms with E-state index in [1.165, 1.54) is 0 Å². The van der Waals surface area contributed by atoms with Crippen molar-refractivity contribution in [2.75, 3.05) is 0 Å². The second-order valence-electron chi connectivity index (χ2n) is 4.84. The molecule has 0 N–H and O–H groups in total. The molecule has 0 bridgehead atoms. The van der Waals surface area contributed by atoms with E-state index in [2.05, 4.69) is 8.75 Å². The Labute approximate surface area is 101 Å². The zero-order valence-electron chi connectivity index (χ0n) is 9.56. The number of nitrogens with zero attached hydrogens (tertiary/aromatic N) is 2. The maximum absolute atomic E-state index is 14.0. The van der Waals surface area contributed by atoms with Crippen LogP contribution in [0.1, 0.15) is 5.56 Å². The Balaban J connectivity index is 2.97.